The van der Waals surface area contributed by atoms with Gasteiger partial charge in [-0.3, -0.25) is 9.78 Å². The molecule has 0 fully saturated rings. The Morgan fingerprint density at radius 3 is 2.59 bits per heavy atom. The van der Waals surface area contributed by atoms with Crippen molar-refractivity contribution in [1.82, 2.24) is 9.88 Å². The van der Waals surface area contributed by atoms with E-state index in [-0.39, 0.29) is 5.91 Å². The van der Waals surface area contributed by atoms with Crippen molar-refractivity contribution in [3.05, 3.63) is 52.8 Å². The van der Waals surface area contributed by atoms with E-state index in [9.17, 15) is 4.79 Å². The van der Waals surface area contributed by atoms with Crippen LogP contribution in [0.2, 0.25) is 5.02 Å². The van der Waals surface area contributed by atoms with Gasteiger partial charge in [0, 0.05) is 35.7 Å². The van der Waals surface area contributed by atoms with Crippen LogP contribution in [0.15, 0.2) is 36.5 Å². The van der Waals surface area contributed by atoms with Crippen molar-refractivity contribution >= 4 is 28.9 Å². The van der Waals surface area contributed by atoms with Crippen LogP contribution < -0.4 is 5.32 Å². The number of carbonyl (C=O) groups excluding carboxylic acids is 1. The van der Waals surface area contributed by atoms with E-state index < -0.39 is 0 Å². The van der Waals surface area contributed by atoms with Crippen LogP contribution in [0.25, 0.3) is 0 Å². The van der Waals surface area contributed by atoms with Gasteiger partial charge in [0.05, 0.1) is 0 Å². The zero-order chi connectivity index (χ0) is 16.1. The van der Waals surface area contributed by atoms with Gasteiger partial charge in [0.15, 0.2) is 0 Å². The minimum Gasteiger partial charge on any atom is -0.355 e. The molecule has 2 rings (SSSR count). The lowest BCUT2D eigenvalue weighted by Gasteiger charge is -2.18. The lowest BCUT2D eigenvalue weighted by molar-refractivity contribution is 0.0767. The number of anilines is 2. The Labute approximate surface area is 136 Å². The Balaban J connectivity index is 2.23. The van der Waals surface area contributed by atoms with Crippen LogP contribution >= 0.6 is 11.6 Å². The Morgan fingerprint density at radius 1 is 1.23 bits per heavy atom. The zero-order valence-electron chi connectivity index (χ0n) is 13.1. The highest BCUT2D eigenvalue weighted by Crippen LogP contribution is 2.23. The van der Waals surface area contributed by atoms with E-state index in [0.717, 1.165) is 16.9 Å². The Bertz CT molecular complexity index is 669. The molecule has 0 unspecified atom stereocenters. The van der Waals surface area contributed by atoms with Gasteiger partial charge in [0.1, 0.15) is 5.69 Å². The summed E-state index contributed by atoms with van der Waals surface area (Å²) in [5.74, 6) is -0.0542. The standard InChI is InChI=1S/C17H20ClN3O/c1-4-21(5-2)17(22)16-11-14(8-9-19-16)20-15-7-6-13(18)10-12(15)3/h6-11H,4-5H2,1-3H3,(H,19,20). The third-order valence-corrected chi connectivity index (χ3v) is 3.73. The molecule has 1 N–H and O–H groups in total. The molecular weight excluding hydrogens is 298 g/mol. The quantitative estimate of drug-likeness (QED) is 0.895. The fraction of sp³-hybridized carbons (Fsp3) is 0.294. The first kappa shape index (κ1) is 16.3. The Morgan fingerprint density at radius 2 is 1.95 bits per heavy atom. The monoisotopic (exact) mass is 317 g/mol. The number of rotatable bonds is 5. The van der Waals surface area contributed by atoms with E-state index in [0.29, 0.717) is 23.8 Å². The van der Waals surface area contributed by atoms with Gasteiger partial charge in [-0.2, -0.15) is 0 Å². The molecule has 1 aromatic heterocycles. The van der Waals surface area contributed by atoms with E-state index in [4.69, 9.17) is 11.6 Å². The van der Waals surface area contributed by atoms with Crippen molar-refractivity contribution in [2.75, 3.05) is 18.4 Å². The number of aryl methyl sites for hydroxylation is 1. The Kier molecular flexibility index (Phi) is 5.39. The maximum absolute atomic E-state index is 12.3. The number of hydrogen-bond donors (Lipinski definition) is 1. The van der Waals surface area contributed by atoms with Crippen LogP contribution in [0.5, 0.6) is 0 Å². The molecule has 0 aliphatic rings. The van der Waals surface area contributed by atoms with Crippen LogP contribution in [0.3, 0.4) is 0 Å². The van der Waals surface area contributed by atoms with Crippen LogP contribution in [-0.4, -0.2) is 28.9 Å². The van der Waals surface area contributed by atoms with E-state index >= 15 is 0 Å². The van der Waals surface area contributed by atoms with Crippen molar-refractivity contribution in [1.29, 1.82) is 0 Å². The van der Waals surface area contributed by atoms with E-state index in [1.54, 1.807) is 17.2 Å². The minimum atomic E-state index is -0.0542. The van der Waals surface area contributed by atoms with Crippen LogP contribution in [-0.2, 0) is 0 Å². The molecule has 1 amide bonds. The average Bonchev–Trinajstić information content (AvgIpc) is 2.51. The van der Waals surface area contributed by atoms with Crippen molar-refractivity contribution in [2.24, 2.45) is 0 Å². The van der Waals surface area contributed by atoms with Gasteiger partial charge in [0.25, 0.3) is 5.91 Å². The summed E-state index contributed by atoms with van der Waals surface area (Å²) in [7, 11) is 0. The summed E-state index contributed by atoms with van der Waals surface area (Å²) in [6.07, 6.45) is 1.64. The fourth-order valence-corrected chi connectivity index (χ4v) is 2.45. The van der Waals surface area contributed by atoms with Gasteiger partial charge in [-0.05, 0) is 56.7 Å². The molecule has 0 aliphatic carbocycles. The van der Waals surface area contributed by atoms with Crippen molar-refractivity contribution in [3.63, 3.8) is 0 Å². The van der Waals surface area contributed by atoms with Crippen molar-refractivity contribution in [2.45, 2.75) is 20.8 Å². The second-order valence-electron chi connectivity index (χ2n) is 4.99. The molecule has 0 aliphatic heterocycles. The Hall–Kier alpha value is -2.07. The second kappa shape index (κ2) is 7.27. The lowest BCUT2D eigenvalue weighted by Crippen LogP contribution is -2.31. The maximum Gasteiger partial charge on any atom is 0.272 e. The van der Waals surface area contributed by atoms with Gasteiger partial charge in [0.2, 0.25) is 0 Å². The number of nitrogens with one attached hydrogen (secondary N) is 1. The summed E-state index contributed by atoms with van der Waals surface area (Å²) in [5.41, 5.74) is 3.27. The van der Waals surface area contributed by atoms with E-state index in [1.165, 1.54) is 0 Å². The van der Waals surface area contributed by atoms with Gasteiger partial charge >= 0.3 is 0 Å². The summed E-state index contributed by atoms with van der Waals surface area (Å²) < 4.78 is 0. The smallest absolute Gasteiger partial charge is 0.272 e. The molecule has 116 valence electrons. The highest BCUT2D eigenvalue weighted by molar-refractivity contribution is 6.30. The van der Waals surface area contributed by atoms with Gasteiger partial charge in [-0.1, -0.05) is 11.6 Å². The minimum absolute atomic E-state index is 0.0542. The number of hydrogen-bond acceptors (Lipinski definition) is 3. The topological polar surface area (TPSA) is 45.2 Å². The third-order valence-electron chi connectivity index (χ3n) is 3.50. The summed E-state index contributed by atoms with van der Waals surface area (Å²) in [4.78, 5) is 18.3. The average molecular weight is 318 g/mol. The molecule has 0 atom stereocenters. The first-order chi connectivity index (χ1) is 10.5. The molecular formula is C17H20ClN3O. The molecule has 0 radical (unpaired) electrons. The maximum atomic E-state index is 12.3. The first-order valence-electron chi connectivity index (χ1n) is 7.33. The zero-order valence-corrected chi connectivity index (χ0v) is 13.8. The van der Waals surface area contributed by atoms with Crippen LogP contribution in [0.4, 0.5) is 11.4 Å². The molecule has 5 heteroatoms. The number of aromatic nitrogens is 1. The van der Waals surface area contributed by atoms with E-state index in [1.807, 2.05) is 45.0 Å². The highest BCUT2D eigenvalue weighted by Gasteiger charge is 2.14. The molecule has 2 aromatic rings. The van der Waals surface area contributed by atoms with Crippen LogP contribution in [0.1, 0.15) is 29.9 Å². The lowest BCUT2D eigenvalue weighted by atomic mass is 10.2. The fourth-order valence-electron chi connectivity index (χ4n) is 2.22. The molecule has 4 nitrogen and oxygen atoms in total. The summed E-state index contributed by atoms with van der Waals surface area (Å²) >= 11 is 5.97. The number of carbonyl (C=O) groups is 1. The largest absolute Gasteiger partial charge is 0.355 e. The van der Waals surface area contributed by atoms with Crippen LogP contribution in [0, 0.1) is 6.92 Å². The molecule has 0 saturated carbocycles. The molecule has 0 saturated heterocycles. The van der Waals surface area contributed by atoms with Crippen molar-refractivity contribution in [3.8, 4) is 0 Å². The second-order valence-corrected chi connectivity index (χ2v) is 5.43. The van der Waals surface area contributed by atoms with Crippen molar-refractivity contribution < 1.29 is 4.79 Å². The predicted octanol–water partition coefficient (Wildman–Crippen LogP) is 4.27. The van der Waals surface area contributed by atoms with Gasteiger partial charge < -0.3 is 10.2 Å². The summed E-state index contributed by atoms with van der Waals surface area (Å²) in [5, 5.41) is 4.00. The van der Waals surface area contributed by atoms with E-state index in [2.05, 4.69) is 10.3 Å². The molecule has 22 heavy (non-hydrogen) atoms. The third kappa shape index (κ3) is 3.77. The van der Waals surface area contributed by atoms with Gasteiger partial charge in [-0.25, -0.2) is 0 Å². The number of pyridine rings is 1. The number of benzene rings is 1. The molecule has 1 aromatic carbocycles. The SMILES string of the molecule is CCN(CC)C(=O)c1cc(Nc2ccc(Cl)cc2C)ccn1. The predicted molar refractivity (Wildman–Crippen MR) is 91.0 cm³/mol. The molecule has 0 bridgehead atoms. The number of amides is 1. The normalized spacial score (nSPS) is 10.4. The summed E-state index contributed by atoms with van der Waals surface area (Å²) in [6, 6.07) is 9.26. The molecule has 0 spiro atoms. The first-order valence-corrected chi connectivity index (χ1v) is 7.71. The number of nitrogens with zero attached hydrogens (tertiary/aromatic N) is 2. The molecule has 1 heterocycles. The highest BCUT2D eigenvalue weighted by atomic mass is 35.5. The number of halogens is 1. The van der Waals surface area contributed by atoms with Gasteiger partial charge in [-0.15, -0.1) is 0 Å². The summed E-state index contributed by atoms with van der Waals surface area (Å²) in [6.45, 7) is 7.24.